The Morgan fingerprint density at radius 1 is 0.893 bits per heavy atom. The molecule has 1 aromatic heterocycles. The van der Waals surface area contributed by atoms with Crippen LogP contribution in [0.25, 0.3) is 31.6 Å². The van der Waals surface area contributed by atoms with E-state index in [1.165, 1.54) is 4.90 Å². The average molecular weight is 386 g/mol. The molecule has 1 aliphatic heterocycles. The van der Waals surface area contributed by atoms with Crippen molar-refractivity contribution in [2.75, 3.05) is 6.54 Å². The number of carbonyl (C=O) groups excluding carboxylic acids is 2. The number of carbonyl (C=O) groups is 2. The van der Waals surface area contributed by atoms with Gasteiger partial charge in [0.05, 0.1) is 10.2 Å². The van der Waals surface area contributed by atoms with Crippen molar-refractivity contribution in [2.24, 2.45) is 0 Å². The largest absolute Gasteiger partial charge is 0.274 e. The molecule has 0 aliphatic carbocycles. The Labute approximate surface area is 166 Å². The van der Waals surface area contributed by atoms with Gasteiger partial charge in [0.25, 0.3) is 11.8 Å². The fourth-order valence-electron chi connectivity index (χ4n) is 3.84. The number of imide groups is 1. The van der Waals surface area contributed by atoms with Gasteiger partial charge in [-0.3, -0.25) is 14.5 Å². The Morgan fingerprint density at radius 2 is 1.64 bits per heavy atom. The van der Waals surface area contributed by atoms with Crippen molar-refractivity contribution in [1.29, 1.82) is 0 Å². The second-order valence-electron chi connectivity index (χ2n) is 6.99. The van der Waals surface area contributed by atoms with Crippen molar-refractivity contribution in [3.63, 3.8) is 0 Å². The summed E-state index contributed by atoms with van der Waals surface area (Å²) >= 11 is 1.62. The number of thiazole rings is 1. The van der Waals surface area contributed by atoms with Gasteiger partial charge in [-0.15, -0.1) is 11.3 Å². The Kier molecular flexibility index (Phi) is 3.98. The fraction of sp³-hybridized carbons (Fsp3) is 0.174. The van der Waals surface area contributed by atoms with Gasteiger partial charge in [-0.2, -0.15) is 0 Å². The van der Waals surface area contributed by atoms with Crippen LogP contribution in [0.15, 0.2) is 54.6 Å². The summed E-state index contributed by atoms with van der Waals surface area (Å²) in [6.45, 7) is 2.52. The molecule has 4 nitrogen and oxygen atoms in total. The maximum absolute atomic E-state index is 13.0. The first-order valence-electron chi connectivity index (χ1n) is 9.47. The van der Waals surface area contributed by atoms with Gasteiger partial charge in [-0.1, -0.05) is 43.7 Å². The summed E-state index contributed by atoms with van der Waals surface area (Å²) in [6, 6.07) is 17.5. The number of benzene rings is 3. The van der Waals surface area contributed by atoms with E-state index in [4.69, 9.17) is 4.98 Å². The van der Waals surface area contributed by atoms with Crippen LogP contribution in [0.3, 0.4) is 0 Å². The van der Waals surface area contributed by atoms with Gasteiger partial charge >= 0.3 is 0 Å². The van der Waals surface area contributed by atoms with Crippen LogP contribution in [0, 0.1) is 0 Å². The van der Waals surface area contributed by atoms with E-state index < -0.39 is 0 Å². The lowest BCUT2D eigenvalue weighted by Crippen LogP contribution is -2.40. The first kappa shape index (κ1) is 17.1. The van der Waals surface area contributed by atoms with E-state index in [2.05, 4.69) is 13.0 Å². The highest BCUT2D eigenvalue weighted by Crippen LogP contribution is 2.39. The van der Waals surface area contributed by atoms with Gasteiger partial charge in [0.2, 0.25) is 0 Å². The molecule has 0 atom stereocenters. The summed E-state index contributed by atoms with van der Waals surface area (Å²) in [5.74, 6) is -0.393. The smallest absolute Gasteiger partial charge is 0.261 e. The van der Waals surface area contributed by atoms with Gasteiger partial charge in [0.15, 0.2) is 0 Å². The molecule has 0 bridgehead atoms. The molecule has 0 fully saturated rings. The highest BCUT2D eigenvalue weighted by Gasteiger charge is 2.33. The minimum Gasteiger partial charge on any atom is -0.274 e. The van der Waals surface area contributed by atoms with E-state index in [1.54, 1.807) is 11.3 Å². The van der Waals surface area contributed by atoms with Crippen molar-refractivity contribution in [3.05, 3.63) is 65.7 Å². The van der Waals surface area contributed by atoms with Crippen LogP contribution in [-0.2, 0) is 0 Å². The van der Waals surface area contributed by atoms with Crippen LogP contribution >= 0.6 is 11.3 Å². The van der Waals surface area contributed by atoms with Crippen LogP contribution in [0.2, 0.25) is 0 Å². The average Bonchev–Trinajstić information content (AvgIpc) is 3.15. The molecule has 3 aromatic carbocycles. The van der Waals surface area contributed by atoms with Crippen molar-refractivity contribution < 1.29 is 9.59 Å². The third-order valence-corrected chi connectivity index (χ3v) is 6.32. The van der Waals surface area contributed by atoms with Crippen LogP contribution in [0.5, 0.6) is 0 Å². The zero-order valence-electron chi connectivity index (χ0n) is 15.4. The summed E-state index contributed by atoms with van der Waals surface area (Å²) in [4.78, 5) is 32.2. The van der Waals surface area contributed by atoms with Crippen molar-refractivity contribution in [2.45, 2.75) is 19.8 Å². The number of fused-ring (bicyclic) bond motifs is 1. The molecule has 2 heterocycles. The van der Waals surface area contributed by atoms with E-state index >= 15 is 0 Å². The van der Waals surface area contributed by atoms with Gasteiger partial charge in [0.1, 0.15) is 5.01 Å². The van der Waals surface area contributed by atoms with E-state index in [0.717, 1.165) is 44.4 Å². The van der Waals surface area contributed by atoms with Gasteiger partial charge in [-0.05, 0) is 36.1 Å². The van der Waals surface area contributed by atoms with Crippen LogP contribution in [-0.4, -0.2) is 28.2 Å². The quantitative estimate of drug-likeness (QED) is 0.434. The maximum atomic E-state index is 13.0. The third kappa shape index (κ3) is 2.47. The van der Waals surface area contributed by atoms with Gasteiger partial charge in [-0.25, -0.2) is 4.98 Å². The molecular weight excluding hydrogens is 368 g/mol. The molecule has 4 aromatic rings. The first-order valence-corrected chi connectivity index (χ1v) is 10.3. The molecule has 5 rings (SSSR count). The Bertz CT molecular complexity index is 1200. The van der Waals surface area contributed by atoms with Crippen LogP contribution in [0.4, 0.5) is 0 Å². The number of hydrogen-bond donors (Lipinski definition) is 0. The summed E-state index contributed by atoms with van der Waals surface area (Å²) < 4.78 is 1.12. The third-order valence-electron chi connectivity index (χ3n) is 5.25. The standard InChI is InChI=1S/C23H18N2O2S/c1-2-3-13-25-22(26)16-8-6-7-14-15(11-12-17(20(14)16)23(25)27)21-24-18-9-4-5-10-19(18)28-21/h4-12H,2-3,13H2,1H3. The fourth-order valence-corrected chi connectivity index (χ4v) is 4.84. The van der Waals surface area contributed by atoms with E-state index in [9.17, 15) is 9.59 Å². The van der Waals surface area contributed by atoms with E-state index in [-0.39, 0.29) is 11.8 Å². The Morgan fingerprint density at radius 3 is 2.43 bits per heavy atom. The lowest BCUT2D eigenvalue weighted by Gasteiger charge is -2.27. The van der Waals surface area contributed by atoms with Crippen LogP contribution in [0.1, 0.15) is 40.5 Å². The molecule has 0 radical (unpaired) electrons. The molecule has 0 saturated heterocycles. The SMILES string of the molecule is CCCCN1C(=O)c2cccc3c(-c4nc5ccccc5s4)ccc(c23)C1=O. The normalized spacial score (nSPS) is 13.7. The molecule has 138 valence electrons. The number of rotatable bonds is 4. The number of aromatic nitrogens is 1. The lowest BCUT2D eigenvalue weighted by molar-refractivity contribution is 0.0608. The number of hydrogen-bond acceptors (Lipinski definition) is 4. The highest BCUT2D eigenvalue weighted by atomic mass is 32.1. The summed E-state index contributed by atoms with van der Waals surface area (Å²) in [5.41, 5.74) is 3.13. The zero-order valence-corrected chi connectivity index (χ0v) is 16.3. The molecular formula is C23H18N2O2S. The predicted octanol–water partition coefficient (Wildman–Crippen LogP) is 5.51. The van der Waals surface area contributed by atoms with Crippen molar-refractivity contribution in [1.82, 2.24) is 9.88 Å². The monoisotopic (exact) mass is 386 g/mol. The molecule has 0 spiro atoms. The predicted molar refractivity (Wildman–Crippen MR) is 113 cm³/mol. The second kappa shape index (κ2) is 6.53. The number of nitrogens with zero attached hydrogens (tertiary/aromatic N) is 2. The molecule has 28 heavy (non-hydrogen) atoms. The number of amides is 2. The van der Waals surface area contributed by atoms with Crippen molar-refractivity contribution in [3.8, 4) is 10.6 Å². The topological polar surface area (TPSA) is 50.3 Å². The number of para-hydroxylation sites is 1. The molecule has 1 aliphatic rings. The Balaban J connectivity index is 1.72. The van der Waals surface area contributed by atoms with Gasteiger partial charge < -0.3 is 0 Å². The summed E-state index contributed by atoms with van der Waals surface area (Å²) in [5, 5.41) is 2.56. The Hall–Kier alpha value is -3.05. The minimum atomic E-state index is -0.196. The van der Waals surface area contributed by atoms with Crippen molar-refractivity contribution >= 4 is 44.1 Å². The molecule has 0 unspecified atom stereocenters. The second-order valence-corrected chi connectivity index (χ2v) is 8.02. The van der Waals surface area contributed by atoms with E-state index in [1.807, 2.05) is 48.5 Å². The molecule has 2 amide bonds. The summed E-state index contributed by atoms with van der Waals surface area (Å²) in [7, 11) is 0. The number of unbranched alkanes of at least 4 members (excludes halogenated alkanes) is 1. The van der Waals surface area contributed by atoms with Crippen LogP contribution < -0.4 is 0 Å². The first-order chi connectivity index (χ1) is 13.7. The molecule has 0 saturated carbocycles. The lowest BCUT2D eigenvalue weighted by atomic mass is 9.91. The highest BCUT2D eigenvalue weighted by molar-refractivity contribution is 7.21. The molecule has 5 heteroatoms. The summed E-state index contributed by atoms with van der Waals surface area (Å²) in [6.07, 6.45) is 1.75. The minimum absolute atomic E-state index is 0.196. The zero-order chi connectivity index (χ0) is 19.3. The van der Waals surface area contributed by atoms with E-state index in [0.29, 0.717) is 17.7 Å². The maximum Gasteiger partial charge on any atom is 0.261 e. The van der Waals surface area contributed by atoms with Gasteiger partial charge in [0, 0.05) is 28.6 Å². The molecule has 0 N–H and O–H groups in total.